The van der Waals surface area contributed by atoms with Crippen molar-refractivity contribution in [1.29, 1.82) is 0 Å². The highest BCUT2D eigenvalue weighted by Gasteiger charge is 2.32. The van der Waals surface area contributed by atoms with Crippen molar-refractivity contribution < 1.29 is 9.59 Å². The van der Waals surface area contributed by atoms with E-state index in [0.717, 1.165) is 6.42 Å². The summed E-state index contributed by atoms with van der Waals surface area (Å²) < 4.78 is 0. The van der Waals surface area contributed by atoms with Crippen LogP contribution >= 0.6 is 0 Å². The number of nitrogens with zero attached hydrogens (tertiary/aromatic N) is 1. The molecule has 1 atom stereocenters. The van der Waals surface area contributed by atoms with E-state index in [2.05, 4.69) is 0 Å². The molecule has 0 aliphatic carbocycles. The molecule has 3 amide bonds. The van der Waals surface area contributed by atoms with Crippen LogP contribution in [0.5, 0.6) is 0 Å². The number of primary amides is 1. The van der Waals surface area contributed by atoms with E-state index in [1.807, 2.05) is 5.43 Å². The molecular weight excluding hydrogens is 160 g/mol. The van der Waals surface area contributed by atoms with Crippen molar-refractivity contribution in [2.24, 2.45) is 11.6 Å². The van der Waals surface area contributed by atoms with Crippen LogP contribution in [0.25, 0.3) is 0 Å². The van der Waals surface area contributed by atoms with Gasteiger partial charge in [0.2, 0.25) is 0 Å². The minimum absolute atomic E-state index is 0.355. The molecule has 68 valence electrons. The Hall–Kier alpha value is -1.30. The lowest BCUT2D eigenvalue weighted by Gasteiger charge is -2.20. The number of nitrogens with two attached hydrogens (primary N) is 2. The Morgan fingerprint density at radius 2 is 2.17 bits per heavy atom. The third kappa shape index (κ3) is 1.48. The van der Waals surface area contributed by atoms with Gasteiger partial charge < -0.3 is 10.6 Å². The van der Waals surface area contributed by atoms with Gasteiger partial charge >= 0.3 is 6.03 Å². The molecule has 0 aromatic heterocycles. The Kier molecular flexibility index (Phi) is 2.49. The first-order valence-electron chi connectivity index (χ1n) is 3.73. The fraction of sp³-hybridized carbons (Fsp3) is 0.667. The molecule has 1 aliphatic heterocycles. The lowest BCUT2D eigenvalue weighted by molar-refractivity contribution is -0.124. The first kappa shape index (κ1) is 8.79. The summed E-state index contributed by atoms with van der Waals surface area (Å²) in [4.78, 5) is 23.1. The SMILES string of the molecule is NNC(=O)[C@@H]1CCCN1C(N)=O. The molecule has 0 aromatic carbocycles. The molecule has 5 N–H and O–H groups in total. The van der Waals surface area contributed by atoms with Gasteiger partial charge in [-0.1, -0.05) is 0 Å². The number of hydrogen-bond donors (Lipinski definition) is 3. The molecule has 6 heteroatoms. The Morgan fingerprint density at radius 1 is 1.50 bits per heavy atom. The van der Waals surface area contributed by atoms with E-state index in [4.69, 9.17) is 11.6 Å². The van der Waals surface area contributed by atoms with Crippen molar-refractivity contribution in [3.8, 4) is 0 Å². The molecule has 0 bridgehead atoms. The number of carbonyl (C=O) groups is 2. The Balaban J connectivity index is 2.63. The molecule has 1 rings (SSSR count). The second-order valence-electron chi connectivity index (χ2n) is 2.70. The first-order valence-corrected chi connectivity index (χ1v) is 3.73. The summed E-state index contributed by atoms with van der Waals surface area (Å²) in [5.41, 5.74) is 7.05. The van der Waals surface area contributed by atoms with E-state index in [9.17, 15) is 9.59 Å². The van der Waals surface area contributed by atoms with Crippen LogP contribution in [-0.2, 0) is 4.79 Å². The fourth-order valence-electron chi connectivity index (χ4n) is 1.40. The molecule has 0 spiro atoms. The summed E-state index contributed by atoms with van der Waals surface area (Å²) >= 11 is 0. The standard InChI is InChI=1S/C6H12N4O2/c7-6(12)10-3-1-2-4(10)5(11)9-8/h4H,1-3,8H2,(H2,7,12)(H,9,11)/t4-/m0/s1. The summed E-state index contributed by atoms with van der Waals surface area (Å²) in [7, 11) is 0. The van der Waals surface area contributed by atoms with Crippen LogP contribution in [0.1, 0.15) is 12.8 Å². The normalized spacial score (nSPS) is 22.4. The van der Waals surface area contributed by atoms with E-state index in [-0.39, 0.29) is 5.91 Å². The third-order valence-electron chi connectivity index (χ3n) is 1.98. The fourth-order valence-corrected chi connectivity index (χ4v) is 1.40. The van der Waals surface area contributed by atoms with Crippen LogP contribution in [-0.4, -0.2) is 29.4 Å². The zero-order valence-corrected chi connectivity index (χ0v) is 6.62. The smallest absolute Gasteiger partial charge is 0.315 e. The van der Waals surface area contributed by atoms with Crippen molar-refractivity contribution in [3.05, 3.63) is 0 Å². The van der Waals surface area contributed by atoms with Crippen LogP contribution in [0, 0.1) is 0 Å². The van der Waals surface area contributed by atoms with Gasteiger partial charge in [0.25, 0.3) is 5.91 Å². The average molecular weight is 172 g/mol. The number of nitrogens with one attached hydrogen (secondary N) is 1. The Bertz CT molecular complexity index is 206. The molecular formula is C6H12N4O2. The molecule has 6 nitrogen and oxygen atoms in total. The van der Waals surface area contributed by atoms with Crippen molar-refractivity contribution in [2.75, 3.05) is 6.54 Å². The highest BCUT2D eigenvalue weighted by atomic mass is 16.2. The number of amides is 3. The maximum atomic E-state index is 11.0. The van der Waals surface area contributed by atoms with E-state index in [1.165, 1.54) is 4.90 Å². The average Bonchev–Trinajstić information content (AvgIpc) is 2.50. The highest BCUT2D eigenvalue weighted by molar-refractivity contribution is 5.86. The zero-order chi connectivity index (χ0) is 9.14. The molecule has 0 saturated carbocycles. The van der Waals surface area contributed by atoms with Crippen LogP contribution in [0.2, 0.25) is 0 Å². The number of carbonyl (C=O) groups excluding carboxylic acids is 2. The van der Waals surface area contributed by atoms with Crippen LogP contribution in [0.3, 0.4) is 0 Å². The van der Waals surface area contributed by atoms with Gasteiger partial charge in [-0.2, -0.15) is 0 Å². The number of likely N-dealkylation sites (tertiary alicyclic amines) is 1. The summed E-state index contributed by atoms with van der Waals surface area (Å²) in [6, 6.07) is -1.05. The molecule has 1 saturated heterocycles. The molecule has 0 unspecified atom stereocenters. The number of urea groups is 1. The minimum Gasteiger partial charge on any atom is -0.351 e. The second kappa shape index (κ2) is 3.40. The van der Waals surface area contributed by atoms with Crippen LogP contribution < -0.4 is 17.0 Å². The first-order chi connectivity index (χ1) is 5.66. The largest absolute Gasteiger partial charge is 0.351 e. The summed E-state index contributed by atoms with van der Waals surface area (Å²) in [5.74, 6) is 4.58. The quantitative estimate of drug-likeness (QED) is 0.255. The molecule has 1 heterocycles. The zero-order valence-electron chi connectivity index (χ0n) is 6.62. The summed E-state index contributed by atoms with van der Waals surface area (Å²) in [5, 5.41) is 0. The van der Waals surface area contributed by atoms with Crippen molar-refractivity contribution >= 4 is 11.9 Å². The molecule has 1 fully saturated rings. The molecule has 0 aromatic rings. The maximum absolute atomic E-state index is 11.0. The monoisotopic (exact) mass is 172 g/mol. The lowest BCUT2D eigenvalue weighted by atomic mass is 10.2. The van der Waals surface area contributed by atoms with Crippen LogP contribution in [0.4, 0.5) is 4.79 Å². The predicted octanol–water partition coefficient (Wildman–Crippen LogP) is -1.48. The summed E-state index contributed by atoms with van der Waals surface area (Å²) in [6.07, 6.45) is 1.42. The van der Waals surface area contributed by atoms with E-state index >= 15 is 0 Å². The van der Waals surface area contributed by atoms with E-state index < -0.39 is 12.1 Å². The van der Waals surface area contributed by atoms with Gasteiger partial charge in [-0.3, -0.25) is 10.2 Å². The lowest BCUT2D eigenvalue weighted by Crippen LogP contribution is -2.49. The predicted molar refractivity (Wildman–Crippen MR) is 41.6 cm³/mol. The van der Waals surface area contributed by atoms with Crippen molar-refractivity contribution in [3.63, 3.8) is 0 Å². The summed E-state index contributed by atoms with van der Waals surface area (Å²) in [6.45, 7) is 0.535. The topological polar surface area (TPSA) is 101 Å². The van der Waals surface area contributed by atoms with Crippen molar-refractivity contribution in [1.82, 2.24) is 10.3 Å². The van der Waals surface area contributed by atoms with Gasteiger partial charge in [0.05, 0.1) is 0 Å². The third-order valence-corrected chi connectivity index (χ3v) is 1.98. The van der Waals surface area contributed by atoms with Gasteiger partial charge in [0, 0.05) is 6.54 Å². The minimum atomic E-state index is -0.568. The van der Waals surface area contributed by atoms with Crippen LogP contribution in [0.15, 0.2) is 0 Å². The van der Waals surface area contributed by atoms with Gasteiger partial charge in [0.1, 0.15) is 6.04 Å². The number of hydrogen-bond acceptors (Lipinski definition) is 3. The maximum Gasteiger partial charge on any atom is 0.315 e. The second-order valence-corrected chi connectivity index (χ2v) is 2.70. The number of rotatable bonds is 1. The van der Waals surface area contributed by atoms with Gasteiger partial charge in [-0.05, 0) is 12.8 Å². The van der Waals surface area contributed by atoms with Crippen molar-refractivity contribution in [2.45, 2.75) is 18.9 Å². The molecule has 12 heavy (non-hydrogen) atoms. The molecule has 1 aliphatic rings. The van der Waals surface area contributed by atoms with E-state index in [0.29, 0.717) is 13.0 Å². The Morgan fingerprint density at radius 3 is 2.67 bits per heavy atom. The van der Waals surface area contributed by atoms with Gasteiger partial charge in [-0.25, -0.2) is 10.6 Å². The highest BCUT2D eigenvalue weighted by Crippen LogP contribution is 2.16. The van der Waals surface area contributed by atoms with Gasteiger partial charge in [0.15, 0.2) is 0 Å². The van der Waals surface area contributed by atoms with Gasteiger partial charge in [-0.15, -0.1) is 0 Å². The molecule has 0 radical (unpaired) electrons. The number of hydrazine groups is 1. The Labute approximate surface area is 69.8 Å². The van der Waals surface area contributed by atoms with E-state index in [1.54, 1.807) is 0 Å².